The van der Waals surface area contributed by atoms with Gasteiger partial charge in [0.25, 0.3) is 0 Å². The molecular formula is C4H12BSi. The van der Waals surface area contributed by atoms with Crippen molar-refractivity contribution < 1.29 is 0 Å². The molecule has 35 valence electrons. The molecular weight excluding hydrogens is 86.9 g/mol. The highest BCUT2D eigenvalue weighted by Gasteiger charge is 2.07. The quantitative estimate of drug-likeness (QED) is 0.438. The van der Waals surface area contributed by atoms with Crippen LogP contribution in [0.2, 0.25) is 26.5 Å². The fourth-order valence-corrected chi connectivity index (χ4v) is 0. The Morgan fingerprint density at radius 1 is 1.17 bits per heavy atom. The Balaban J connectivity index is 3.17. The minimum atomic E-state index is -0.756. The first kappa shape index (κ1) is 6.28. The van der Waals surface area contributed by atoms with E-state index in [0.717, 1.165) is 0 Å². The lowest BCUT2D eigenvalue weighted by molar-refractivity contribution is 1.85. The molecule has 0 unspecified atom stereocenters. The maximum absolute atomic E-state index is 2.33. The van der Waals surface area contributed by atoms with Crippen molar-refractivity contribution >= 4 is 14.8 Å². The summed E-state index contributed by atoms with van der Waals surface area (Å²) in [5, 5.41) is 0. The van der Waals surface area contributed by atoms with E-state index in [1.807, 2.05) is 0 Å². The van der Waals surface area contributed by atoms with Gasteiger partial charge >= 0.3 is 0 Å². The van der Waals surface area contributed by atoms with Crippen molar-refractivity contribution in [1.29, 1.82) is 0 Å². The van der Waals surface area contributed by atoms with Gasteiger partial charge in [-0.1, -0.05) is 26.5 Å². The van der Waals surface area contributed by atoms with Crippen LogP contribution in [-0.2, 0) is 0 Å². The highest BCUT2D eigenvalue weighted by Crippen LogP contribution is 1.94. The van der Waals surface area contributed by atoms with Crippen LogP contribution in [-0.4, -0.2) is 14.8 Å². The average molecular weight is 99.0 g/mol. The lowest BCUT2D eigenvalue weighted by Crippen LogP contribution is -2.26. The van der Waals surface area contributed by atoms with Gasteiger partial charge in [-0.2, -0.15) is 0 Å². The normalized spacial score (nSPS) is 11.3. The largest absolute Gasteiger partial charge is 0.0986 e. The fraction of sp³-hybridized carbons (Fsp3) is 1.00. The number of hydrogen-bond donors (Lipinski definition) is 0. The summed E-state index contributed by atoms with van der Waals surface area (Å²) in [7, 11) is -0.756. The molecule has 0 aromatic carbocycles. The van der Waals surface area contributed by atoms with Crippen molar-refractivity contribution in [2.45, 2.75) is 26.5 Å². The predicted octanol–water partition coefficient (Wildman–Crippen LogP) is 1.57. The molecule has 0 heterocycles. The van der Waals surface area contributed by atoms with Crippen LogP contribution in [0.25, 0.3) is 0 Å². The summed E-state index contributed by atoms with van der Waals surface area (Å²) >= 11 is 0. The molecule has 0 saturated heterocycles. The number of rotatable bonds is 1. The van der Waals surface area contributed by atoms with E-state index in [1.165, 1.54) is 0 Å². The topological polar surface area (TPSA) is 0 Å². The summed E-state index contributed by atoms with van der Waals surface area (Å²) in [6.45, 7) is 11.5. The van der Waals surface area contributed by atoms with Crippen LogP contribution in [0.1, 0.15) is 0 Å². The molecule has 0 atom stereocenters. The van der Waals surface area contributed by atoms with Crippen LogP contribution in [0.15, 0.2) is 0 Å². The van der Waals surface area contributed by atoms with E-state index < -0.39 is 7.94 Å². The minimum absolute atomic E-state index is 0.756. The average Bonchev–Trinajstić information content (AvgIpc) is 1.35. The molecule has 0 N–H and O–H groups in total. The summed E-state index contributed by atoms with van der Waals surface area (Å²) in [5.74, 6) is 0. The van der Waals surface area contributed by atoms with E-state index in [9.17, 15) is 0 Å². The minimum Gasteiger partial charge on any atom is -0.0941 e. The zero-order chi connectivity index (χ0) is 5.21. The zero-order valence-corrected chi connectivity index (χ0v) is 6.08. The van der Waals surface area contributed by atoms with Gasteiger partial charge in [-0.15, -0.1) is 0 Å². The van der Waals surface area contributed by atoms with E-state index >= 15 is 0 Å². The molecule has 0 spiro atoms. The van der Waals surface area contributed by atoms with Gasteiger partial charge in [-0.25, -0.2) is 0 Å². The van der Waals surface area contributed by atoms with Crippen molar-refractivity contribution in [3.8, 4) is 0 Å². The van der Waals surface area contributed by atoms with Crippen molar-refractivity contribution in [3.63, 3.8) is 0 Å². The second kappa shape index (κ2) is 1.83. The van der Waals surface area contributed by atoms with Crippen LogP contribution in [0.3, 0.4) is 0 Å². The van der Waals surface area contributed by atoms with Gasteiger partial charge in [0.05, 0.1) is 6.87 Å². The van der Waals surface area contributed by atoms with Crippen molar-refractivity contribution in [2.75, 3.05) is 0 Å². The smallest absolute Gasteiger partial charge is 0.0941 e. The molecule has 0 aliphatic rings. The molecule has 0 amide bonds. The SMILES string of the molecule is C[B][Si](C)(C)C. The van der Waals surface area contributed by atoms with Gasteiger partial charge in [0.1, 0.15) is 0 Å². The third-order valence-corrected chi connectivity index (χ3v) is 2.60. The Morgan fingerprint density at radius 2 is 1.33 bits per heavy atom. The van der Waals surface area contributed by atoms with Crippen LogP contribution in [0, 0.1) is 0 Å². The van der Waals surface area contributed by atoms with Crippen LogP contribution < -0.4 is 0 Å². The molecule has 0 aromatic heterocycles. The molecule has 0 aliphatic carbocycles. The van der Waals surface area contributed by atoms with Gasteiger partial charge in [0.15, 0.2) is 0 Å². The predicted molar refractivity (Wildman–Crippen MR) is 35.0 cm³/mol. The molecule has 2 heteroatoms. The first-order valence-electron chi connectivity index (χ1n) is 2.37. The molecule has 0 nitrogen and oxygen atoms in total. The maximum atomic E-state index is 2.33. The lowest BCUT2D eigenvalue weighted by atomic mass is 10.2. The summed E-state index contributed by atoms with van der Waals surface area (Å²) in [4.78, 5) is 0. The molecule has 0 fully saturated rings. The molecule has 0 aromatic rings. The molecule has 0 rings (SSSR count). The van der Waals surface area contributed by atoms with Gasteiger partial charge in [0.2, 0.25) is 0 Å². The van der Waals surface area contributed by atoms with Crippen molar-refractivity contribution in [3.05, 3.63) is 0 Å². The summed E-state index contributed by atoms with van der Waals surface area (Å²) < 4.78 is 0. The van der Waals surface area contributed by atoms with Crippen molar-refractivity contribution in [2.24, 2.45) is 0 Å². The summed E-state index contributed by atoms with van der Waals surface area (Å²) in [6.07, 6.45) is 0. The van der Waals surface area contributed by atoms with Crippen LogP contribution in [0.5, 0.6) is 0 Å². The second-order valence-electron chi connectivity index (χ2n) is 2.65. The van der Waals surface area contributed by atoms with E-state index in [0.29, 0.717) is 0 Å². The molecule has 1 radical (unpaired) electrons. The monoisotopic (exact) mass is 99.1 g/mol. The molecule has 0 saturated carbocycles. The highest BCUT2D eigenvalue weighted by atomic mass is 28.3. The van der Waals surface area contributed by atoms with Gasteiger partial charge in [-0.05, 0) is 0 Å². The lowest BCUT2D eigenvalue weighted by Gasteiger charge is -2.08. The highest BCUT2D eigenvalue weighted by molar-refractivity contribution is 7.22. The van der Waals surface area contributed by atoms with E-state index in [4.69, 9.17) is 0 Å². The summed E-state index contributed by atoms with van der Waals surface area (Å²) in [6, 6.07) is 0. The fourth-order valence-electron chi connectivity index (χ4n) is 0. The van der Waals surface area contributed by atoms with Gasteiger partial charge in [-0.3, -0.25) is 0 Å². The number of hydrogen-bond acceptors (Lipinski definition) is 0. The van der Waals surface area contributed by atoms with E-state index in [-0.39, 0.29) is 0 Å². The Labute approximate surface area is 42.1 Å². The van der Waals surface area contributed by atoms with E-state index in [2.05, 4.69) is 33.3 Å². The van der Waals surface area contributed by atoms with Crippen LogP contribution in [0.4, 0.5) is 0 Å². The Morgan fingerprint density at radius 3 is 1.33 bits per heavy atom. The van der Waals surface area contributed by atoms with Crippen molar-refractivity contribution in [1.82, 2.24) is 0 Å². The second-order valence-corrected chi connectivity index (χ2v) is 7.96. The molecule has 0 bridgehead atoms. The standard InChI is InChI=1S/C4H12BSi/c1-5-6(2,3)4/h1-4H3. The Bertz CT molecular complexity index is 37.3. The molecule has 0 aliphatic heterocycles. The van der Waals surface area contributed by atoms with Crippen LogP contribution >= 0.6 is 0 Å². The third-order valence-electron chi connectivity index (χ3n) is 0.866. The first-order chi connectivity index (χ1) is 2.56. The Kier molecular flexibility index (Phi) is 1.91. The summed E-state index contributed by atoms with van der Waals surface area (Å²) in [5.41, 5.74) is 0. The third kappa shape index (κ3) is 4.28. The molecule has 6 heavy (non-hydrogen) atoms. The van der Waals surface area contributed by atoms with E-state index in [1.54, 1.807) is 0 Å². The zero-order valence-electron chi connectivity index (χ0n) is 5.08. The first-order valence-corrected chi connectivity index (χ1v) is 5.94. The Hall–Kier alpha value is 0.282. The maximum Gasteiger partial charge on any atom is 0.0986 e. The van der Waals surface area contributed by atoms with Gasteiger partial charge < -0.3 is 0 Å². The van der Waals surface area contributed by atoms with Gasteiger partial charge in [0, 0.05) is 7.94 Å².